The van der Waals surface area contributed by atoms with Crippen molar-refractivity contribution in [1.82, 2.24) is 9.55 Å². The van der Waals surface area contributed by atoms with Gasteiger partial charge in [-0.05, 0) is 53.9 Å². The smallest absolute Gasteiger partial charge is 0.137 e. The van der Waals surface area contributed by atoms with Gasteiger partial charge in [-0.25, -0.2) is 4.98 Å². The Bertz CT molecular complexity index is 2390. The number of para-hydroxylation sites is 2. The summed E-state index contributed by atoms with van der Waals surface area (Å²) in [5.41, 5.74) is 7.55. The van der Waals surface area contributed by atoms with E-state index in [1.165, 1.54) is 37.3 Å². The maximum Gasteiger partial charge on any atom is 0.137 e. The van der Waals surface area contributed by atoms with Crippen molar-refractivity contribution in [1.29, 1.82) is 0 Å². The zero-order valence-electron chi connectivity index (χ0n) is 20.8. The first-order valence-corrected chi connectivity index (χ1v) is 13.9. The lowest BCUT2D eigenvalue weighted by Crippen LogP contribution is -1.94. The second-order valence-corrected chi connectivity index (χ2v) is 11.0. The molecule has 6 aromatic carbocycles. The monoisotopic (exact) mass is 516 g/mol. The Morgan fingerprint density at radius 3 is 2.26 bits per heavy atom. The Labute approximate surface area is 227 Å². The van der Waals surface area contributed by atoms with Crippen LogP contribution in [0.5, 0.6) is 0 Å². The van der Waals surface area contributed by atoms with Crippen molar-refractivity contribution >= 4 is 76.1 Å². The van der Waals surface area contributed by atoms with Crippen LogP contribution >= 0.6 is 11.3 Å². The molecule has 0 aliphatic rings. The summed E-state index contributed by atoms with van der Waals surface area (Å²) in [5, 5.41) is 8.36. The third-order valence-electron chi connectivity index (χ3n) is 7.83. The zero-order valence-corrected chi connectivity index (χ0v) is 21.6. The number of benzene rings is 6. The molecular weight excluding hydrogens is 496 g/mol. The summed E-state index contributed by atoms with van der Waals surface area (Å²) < 4.78 is 9.68. The van der Waals surface area contributed by atoms with Gasteiger partial charge in [-0.2, -0.15) is 0 Å². The van der Waals surface area contributed by atoms with Crippen LogP contribution in [0.4, 0.5) is 0 Å². The van der Waals surface area contributed by atoms with Gasteiger partial charge in [0.2, 0.25) is 0 Å². The molecule has 0 radical (unpaired) electrons. The van der Waals surface area contributed by atoms with Crippen LogP contribution in [-0.2, 0) is 0 Å². The Morgan fingerprint density at radius 2 is 1.36 bits per heavy atom. The fourth-order valence-electron chi connectivity index (χ4n) is 6.07. The fraction of sp³-hybridized carbons (Fsp3) is 0. The van der Waals surface area contributed by atoms with Crippen molar-refractivity contribution in [3.63, 3.8) is 0 Å². The minimum atomic E-state index is 0.910. The van der Waals surface area contributed by atoms with Gasteiger partial charge in [0.15, 0.2) is 0 Å². The van der Waals surface area contributed by atoms with E-state index >= 15 is 0 Å². The molecule has 9 aromatic rings. The topological polar surface area (TPSA) is 31.0 Å². The molecule has 0 unspecified atom stereocenters. The van der Waals surface area contributed by atoms with E-state index in [0.717, 1.165) is 43.7 Å². The summed E-state index contributed by atoms with van der Waals surface area (Å²) in [5.74, 6) is 0. The second-order valence-electron chi connectivity index (χ2n) is 9.99. The molecule has 4 heteroatoms. The molecule has 0 aliphatic carbocycles. The van der Waals surface area contributed by atoms with Crippen molar-refractivity contribution < 1.29 is 4.42 Å². The molecule has 39 heavy (non-hydrogen) atoms. The summed E-state index contributed by atoms with van der Waals surface area (Å²) in [6, 6.07) is 43.0. The van der Waals surface area contributed by atoms with Gasteiger partial charge in [0.05, 0.1) is 21.3 Å². The standard InChI is InChI=1S/C35H20N2OS/c1-2-8-24-21(7-1)15-18-26-25-9-3-5-11-29(25)37(33(24)26)23-16-13-22(14-17-23)35-36-28-19-20-31-32(34(28)39-35)27-10-4-6-12-30(27)38-31/h1-20H. The van der Waals surface area contributed by atoms with Crippen molar-refractivity contribution in [2.75, 3.05) is 0 Å². The molecule has 0 bridgehead atoms. The first-order valence-electron chi connectivity index (χ1n) is 13.1. The van der Waals surface area contributed by atoms with Crippen molar-refractivity contribution in [2.24, 2.45) is 0 Å². The summed E-state index contributed by atoms with van der Waals surface area (Å²) in [4.78, 5) is 5.02. The lowest BCUT2D eigenvalue weighted by atomic mass is 10.1. The molecule has 0 spiro atoms. The van der Waals surface area contributed by atoms with Crippen molar-refractivity contribution in [3.8, 4) is 16.3 Å². The summed E-state index contributed by atoms with van der Waals surface area (Å²) in [6.45, 7) is 0. The highest BCUT2D eigenvalue weighted by molar-refractivity contribution is 7.22. The van der Waals surface area contributed by atoms with Crippen LogP contribution in [0, 0.1) is 0 Å². The van der Waals surface area contributed by atoms with Crippen LogP contribution in [0.3, 0.4) is 0 Å². The normalized spacial score (nSPS) is 12.1. The van der Waals surface area contributed by atoms with E-state index in [1.807, 2.05) is 18.2 Å². The van der Waals surface area contributed by atoms with Crippen molar-refractivity contribution in [2.45, 2.75) is 0 Å². The molecule has 3 aromatic heterocycles. The van der Waals surface area contributed by atoms with E-state index in [2.05, 4.69) is 108 Å². The quantitative estimate of drug-likeness (QED) is 0.229. The summed E-state index contributed by atoms with van der Waals surface area (Å²) in [6.07, 6.45) is 0. The molecule has 0 aliphatic heterocycles. The zero-order chi connectivity index (χ0) is 25.5. The van der Waals surface area contributed by atoms with E-state index < -0.39 is 0 Å². The maximum atomic E-state index is 6.11. The lowest BCUT2D eigenvalue weighted by molar-refractivity contribution is 0.669. The maximum absolute atomic E-state index is 6.11. The lowest BCUT2D eigenvalue weighted by Gasteiger charge is -2.10. The van der Waals surface area contributed by atoms with Gasteiger partial charge in [0.25, 0.3) is 0 Å². The fourth-order valence-corrected chi connectivity index (χ4v) is 7.19. The number of aromatic nitrogens is 2. The summed E-state index contributed by atoms with van der Waals surface area (Å²) in [7, 11) is 0. The van der Waals surface area contributed by atoms with Gasteiger partial charge in [0.1, 0.15) is 16.2 Å². The molecule has 0 saturated carbocycles. The van der Waals surface area contributed by atoms with Crippen LogP contribution in [0.25, 0.3) is 81.0 Å². The van der Waals surface area contributed by atoms with Gasteiger partial charge >= 0.3 is 0 Å². The highest BCUT2D eigenvalue weighted by atomic mass is 32.1. The minimum Gasteiger partial charge on any atom is -0.456 e. The first-order chi connectivity index (χ1) is 19.3. The second kappa shape index (κ2) is 7.79. The number of hydrogen-bond donors (Lipinski definition) is 0. The van der Waals surface area contributed by atoms with Gasteiger partial charge in [-0.3, -0.25) is 0 Å². The van der Waals surface area contributed by atoms with Gasteiger partial charge in [0, 0.05) is 38.2 Å². The van der Waals surface area contributed by atoms with E-state index in [0.29, 0.717) is 0 Å². The number of fused-ring (bicyclic) bond motifs is 10. The van der Waals surface area contributed by atoms with Gasteiger partial charge < -0.3 is 8.98 Å². The van der Waals surface area contributed by atoms with E-state index in [1.54, 1.807) is 11.3 Å². The third kappa shape index (κ3) is 2.95. The van der Waals surface area contributed by atoms with Crippen LogP contribution in [-0.4, -0.2) is 9.55 Å². The largest absolute Gasteiger partial charge is 0.456 e. The molecule has 0 saturated heterocycles. The highest BCUT2D eigenvalue weighted by Crippen LogP contribution is 2.41. The molecule has 182 valence electrons. The number of rotatable bonds is 2. The number of thiazole rings is 1. The Hall–Kier alpha value is -4.93. The highest BCUT2D eigenvalue weighted by Gasteiger charge is 2.17. The molecule has 0 amide bonds. The molecule has 3 heterocycles. The average Bonchev–Trinajstić information content (AvgIpc) is 3.68. The van der Waals surface area contributed by atoms with Gasteiger partial charge in [-0.15, -0.1) is 11.3 Å². The predicted octanol–water partition coefficient (Wildman–Crippen LogP) is 10.1. The van der Waals surface area contributed by atoms with Crippen LogP contribution in [0.1, 0.15) is 0 Å². The average molecular weight is 517 g/mol. The number of hydrogen-bond acceptors (Lipinski definition) is 3. The molecule has 0 atom stereocenters. The summed E-state index contributed by atoms with van der Waals surface area (Å²) >= 11 is 1.73. The molecular formula is C35H20N2OS. The van der Waals surface area contributed by atoms with Gasteiger partial charge in [-0.1, -0.05) is 72.8 Å². The molecule has 0 N–H and O–H groups in total. The van der Waals surface area contributed by atoms with E-state index in [4.69, 9.17) is 9.40 Å². The first kappa shape index (κ1) is 21.1. The Kier molecular flexibility index (Phi) is 4.21. The van der Waals surface area contributed by atoms with Crippen LogP contribution < -0.4 is 0 Å². The SMILES string of the molecule is c1ccc2c(c1)ccc1c3ccccc3n(-c3ccc(-c4nc5ccc6oc7ccccc7c6c5s4)cc3)c21. The third-order valence-corrected chi connectivity index (χ3v) is 8.97. The number of furan rings is 1. The predicted molar refractivity (Wildman–Crippen MR) is 164 cm³/mol. The van der Waals surface area contributed by atoms with E-state index in [-0.39, 0.29) is 0 Å². The molecule has 9 rings (SSSR count). The molecule has 0 fully saturated rings. The Morgan fingerprint density at radius 1 is 0.590 bits per heavy atom. The molecule has 3 nitrogen and oxygen atoms in total. The minimum absolute atomic E-state index is 0.910. The van der Waals surface area contributed by atoms with E-state index in [9.17, 15) is 0 Å². The van der Waals surface area contributed by atoms with Crippen molar-refractivity contribution in [3.05, 3.63) is 121 Å². The van der Waals surface area contributed by atoms with Crippen LogP contribution in [0.2, 0.25) is 0 Å². The number of nitrogens with zero attached hydrogens (tertiary/aromatic N) is 2. The van der Waals surface area contributed by atoms with Crippen LogP contribution in [0.15, 0.2) is 126 Å². The Balaban J connectivity index is 1.24.